The molecule has 0 radical (unpaired) electrons. The topological polar surface area (TPSA) is 84.3 Å². The van der Waals surface area contributed by atoms with Crippen LogP contribution in [0.15, 0.2) is 46.8 Å². The first kappa shape index (κ1) is 20.6. The summed E-state index contributed by atoms with van der Waals surface area (Å²) in [5, 5.41) is 2.60. The number of likely N-dealkylation sites (tertiary alicyclic amines) is 1. The molecule has 0 aliphatic carbocycles. The summed E-state index contributed by atoms with van der Waals surface area (Å²) in [4.78, 5) is 19.1. The first-order chi connectivity index (χ1) is 14.3. The van der Waals surface area contributed by atoms with E-state index in [2.05, 4.69) is 9.71 Å². The Labute approximate surface area is 180 Å². The molecule has 1 fully saturated rings. The molecule has 0 bridgehead atoms. The SMILES string of the molecule is Cc1ccc(NS(=O)(=O)c2cc(-c3nc(C)cs3)n(CC(=O)N3CCCC3)c2)cc1. The van der Waals surface area contributed by atoms with Gasteiger partial charge in [0.25, 0.3) is 10.0 Å². The van der Waals surface area contributed by atoms with Crippen molar-refractivity contribution in [2.45, 2.75) is 38.1 Å². The molecule has 1 N–H and O–H groups in total. The number of rotatable bonds is 6. The Hall–Kier alpha value is -2.65. The number of thiazole rings is 1. The molecule has 4 rings (SSSR count). The van der Waals surface area contributed by atoms with Gasteiger partial charge in [-0.3, -0.25) is 9.52 Å². The van der Waals surface area contributed by atoms with Crippen molar-refractivity contribution in [1.29, 1.82) is 0 Å². The number of benzene rings is 1. The van der Waals surface area contributed by atoms with Gasteiger partial charge >= 0.3 is 0 Å². The molecule has 1 aromatic carbocycles. The number of hydrogen-bond acceptors (Lipinski definition) is 5. The van der Waals surface area contributed by atoms with Crippen molar-refractivity contribution < 1.29 is 13.2 Å². The number of nitrogens with one attached hydrogen (secondary N) is 1. The fourth-order valence-corrected chi connectivity index (χ4v) is 5.39. The van der Waals surface area contributed by atoms with Gasteiger partial charge in [-0.25, -0.2) is 13.4 Å². The Morgan fingerprint density at radius 3 is 2.50 bits per heavy atom. The standard InChI is InChI=1S/C21H24N4O3S2/c1-15-5-7-17(8-6-15)23-30(27,28)18-11-19(21-22-16(2)14-29-21)25(12-18)13-20(26)24-9-3-4-10-24/h5-8,11-12,14,23H,3-4,9-10,13H2,1-2H3. The Morgan fingerprint density at radius 2 is 1.87 bits per heavy atom. The van der Waals surface area contributed by atoms with Crippen LogP contribution in [0, 0.1) is 13.8 Å². The van der Waals surface area contributed by atoms with Gasteiger partial charge in [-0.1, -0.05) is 17.7 Å². The zero-order chi connectivity index (χ0) is 21.3. The molecular formula is C21H24N4O3S2. The summed E-state index contributed by atoms with van der Waals surface area (Å²) in [5.74, 6) is -0.00642. The van der Waals surface area contributed by atoms with Crippen LogP contribution in [0.1, 0.15) is 24.1 Å². The van der Waals surface area contributed by atoms with Crippen molar-refractivity contribution in [3.63, 3.8) is 0 Å². The first-order valence-electron chi connectivity index (χ1n) is 9.82. The third-order valence-corrected chi connectivity index (χ3v) is 7.42. The predicted molar refractivity (Wildman–Crippen MR) is 118 cm³/mol. The third kappa shape index (κ3) is 4.41. The maximum Gasteiger partial charge on any atom is 0.263 e. The second-order valence-electron chi connectivity index (χ2n) is 7.54. The van der Waals surface area contributed by atoms with Crippen molar-refractivity contribution in [2.75, 3.05) is 17.8 Å². The number of carbonyl (C=O) groups is 1. The van der Waals surface area contributed by atoms with Gasteiger partial charge in [0, 0.05) is 36.0 Å². The second kappa shape index (κ2) is 8.23. The van der Waals surface area contributed by atoms with Crippen LogP contribution in [0.2, 0.25) is 0 Å². The lowest BCUT2D eigenvalue weighted by Crippen LogP contribution is -2.31. The highest BCUT2D eigenvalue weighted by atomic mass is 32.2. The molecule has 7 nitrogen and oxygen atoms in total. The number of aryl methyl sites for hydroxylation is 2. The van der Waals surface area contributed by atoms with Crippen LogP contribution in [0.5, 0.6) is 0 Å². The van der Waals surface area contributed by atoms with E-state index < -0.39 is 10.0 Å². The minimum absolute atomic E-state index is 0.00642. The summed E-state index contributed by atoms with van der Waals surface area (Å²) in [6.45, 7) is 5.43. The van der Waals surface area contributed by atoms with Crippen LogP contribution in [0.4, 0.5) is 5.69 Å². The summed E-state index contributed by atoms with van der Waals surface area (Å²) in [6.07, 6.45) is 3.54. The average Bonchev–Trinajstić information content (AvgIpc) is 3.44. The van der Waals surface area contributed by atoms with Crippen LogP contribution < -0.4 is 4.72 Å². The first-order valence-corrected chi connectivity index (χ1v) is 12.2. The van der Waals surface area contributed by atoms with Gasteiger partial charge in [0.1, 0.15) is 16.4 Å². The molecule has 0 atom stereocenters. The van der Waals surface area contributed by atoms with E-state index in [1.165, 1.54) is 17.5 Å². The second-order valence-corrected chi connectivity index (χ2v) is 10.1. The van der Waals surface area contributed by atoms with Crippen molar-refractivity contribution in [2.24, 2.45) is 0 Å². The van der Waals surface area contributed by atoms with Crippen LogP contribution in [-0.2, 0) is 21.4 Å². The Morgan fingerprint density at radius 1 is 1.17 bits per heavy atom. The van der Waals surface area contributed by atoms with Crippen molar-refractivity contribution >= 4 is 33.0 Å². The molecule has 1 aliphatic rings. The van der Waals surface area contributed by atoms with E-state index in [0.717, 1.165) is 37.2 Å². The van der Waals surface area contributed by atoms with Gasteiger partial charge in [-0.05, 0) is 44.9 Å². The summed E-state index contributed by atoms with van der Waals surface area (Å²) >= 11 is 1.43. The normalized spacial score (nSPS) is 14.3. The number of nitrogens with zero attached hydrogens (tertiary/aromatic N) is 3. The summed E-state index contributed by atoms with van der Waals surface area (Å²) in [6, 6.07) is 8.74. The number of anilines is 1. The van der Waals surface area contributed by atoms with Gasteiger partial charge in [0.05, 0.1) is 5.69 Å². The summed E-state index contributed by atoms with van der Waals surface area (Å²) < 4.78 is 30.3. The number of hydrogen-bond donors (Lipinski definition) is 1. The number of aromatic nitrogens is 2. The molecule has 2 aromatic heterocycles. The molecule has 30 heavy (non-hydrogen) atoms. The van der Waals surface area contributed by atoms with Crippen molar-refractivity contribution in [3.8, 4) is 10.7 Å². The van der Waals surface area contributed by atoms with Gasteiger partial charge in [-0.2, -0.15) is 0 Å². The smallest absolute Gasteiger partial charge is 0.263 e. The fraction of sp³-hybridized carbons (Fsp3) is 0.333. The Balaban J connectivity index is 1.67. The number of carbonyl (C=O) groups excluding carboxylic acids is 1. The lowest BCUT2D eigenvalue weighted by atomic mass is 10.2. The van der Waals surface area contributed by atoms with Crippen molar-refractivity contribution in [3.05, 3.63) is 53.2 Å². The highest BCUT2D eigenvalue weighted by Gasteiger charge is 2.24. The zero-order valence-electron chi connectivity index (χ0n) is 17.0. The minimum Gasteiger partial charge on any atom is -0.341 e. The monoisotopic (exact) mass is 444 g/mol. The van der Waals surface area contributed by atoms with E-state index in [-0.39, 0.29) is 17.3 Å². The quantitative estimate of drug-likeness (QED) is 0.629. The molecule has 3 heterocycles. The van der Waals surface area contributed by atoms with Crippen LogP contribution in [0.25, 0.3) is 10.7 Å². The maximum atomic E-state index is 13.0. The third-order valence-electron chi connectivity index (χ3n) is 5.09. The van der Waals surface area contributed by atoms with Crippen LogP contribution >= 0.6 is 11.3 Å². The molecule has 0 saturated carbocycles. The van der Waals surface area contributed by atoms with E-state index in [1.807, 2.05) is 36.3 Å². The summed E-state index contributed by atoms with van der Waals surface area (Å²) in [5.41, 5.74) is 3.03. The summed E-state index contributed by atoms with van der Waals surface area (Å²) in [7, 11) is -3.80. The highest BCUT2D eigenvalue weighted by Crippen LogP contribution is 2.29. The van der Waals surface area contributed by atoms with Gasteiger partial charge < -0.3 is 9.47 Å². The Bertz CT molecular complexity index is 1160. The number of sulfonamides is 1. The molecule has 1 saturated heterocycles. The molecule has 1 aliphatic heterocycles. The molecule has 9 heteroatoms. The largest absolute Gasteiger partial charge is 0.341 e. The minimum atomic E-state index is -3.80. The van der Waals surface area contributed by atoms with Gasteiger partial charge in [0.2, 0.25) is 5.91 Å². The average molecular weight is 445 g/mol. The van der Waals surface area contributed by atoms with E-state index >= 15 is 0 Å². The Kier molecular flexibility index (Phi) is 5.66. The molecular weight excluding hydrogens is 420 g/mol. The molecule has 3 aromatic rings. The van der Waals surface area contributed by atoms with Crippen LogP contribution in [-0.4, -0.2) is 41.9 Å². The molecule has 158 valence electrons. The lowest BCUT2D eigenvalue weighted by molar-refractivity contribution is -0.130. The molecule has 0 unspecified atom stereocenters. The number of amides is 1. The van der Waals surface area contributed by atoms with Gasteiger partial charge in [0.15, 0.2) is 0 Å². The van der Waals surface area contributed by atoms with E-state index in [1.54, 1.807) is 22.8 Å². The maximum absolute atomic E-state index is 13.0. The van der Waals surface area contributed by atoms with E-state index in [4.69, 9.17) is 0 Å². The van der Waals surface area contributed by atoms with Gasteiger partial charge in [-0.15, -0.1) is 11.3 Å². The lowest BCUT2D eigenvalue weighted by Gasteiger charge is -2.16. The van der Waals surface area contributed by atoms with E-state index in [9.17, 15) is 13.2 Å². The molecule has 1 amide bonds. The fourth-order valence-electron chi connectivity index (χ4n) is 3.46. The highest BCUT2D eigenvalue weighted by molar-refractivity contribution is 7.92. The zero-order valence-corrected chi connectivity index (χ0v) is 18.6. The molecule has 0 spiro atoms. The van der Waals surface area contributed by atoms with E-state index in [0.29, 0.717) is 16.4 Å². The van der Waals surface area contributed by atoms with Crippen molar-refractivity contribution in [1.82, 2.24) is 14.5 Å². The predicted octanol–water partition coefficient (Wildman–Crippen LogP) is 3.65. The van der Waals surface area contributed by atoms with Crippen LogP contribution in [0.3, 0.4) is 0 Å².